The summed E-state index contributed by atoms with van der Waals surface area (Å²) in [7, 11) is 0. The normalized spacial score (nSPS) is 42.4. The Bertz CT molecular complexity index is 562. The fraction of sp³-hybridized carbons (Fsp3) is 0.500. The molecule has 6 atom stereocenters. The van der Waals surface area contributed by atoms with E-state index in [1.54, 1.807) is 24.4 Å². The molecule has 0 N–H and O–H groups in total. The number of fused-ring (bicyclic) bond motifs is 5. The number of amides is 2. The lowest BCUT2D eigenvalue weighted by atomic mass is 9.81. The second-order valence-electron chi connectivity index (χ2n) is 5.70. The van der Waals surface area contributed by atoms with E-state index in [0.717, 1.165) is 6.42 Å². The first-order valence-electron chi connectivity index (χ1n) is 6.68. The Morgan fingerprint density at radius 1 is 1.05 bits per heavy atom. The second kappa shape index (κ2) is 4.37. The molecule has 0 radical (unpaired) electrons. The van der Waals surface area contributed by atoms with E-state index in [2.05, 4.69) is 36.8 Å². The van der Waals surface area contributed by atoms with E-state index in [4.69, 9.17) is 0 Å². The molecule has 4 nitrogen and oxygen atoms in total. The third-order valence-corrected chi connectivity index (χ3v) is 8.07. The lowest BCUT2D eigenvalue weighted by molar-refractivity contribution is -0.123. The van der Waals surface area contributed by atoms with Crippen molar-refractivity contribution in [2.24, 2.45) is 23.7 Å². The number of carbonyl (C=O) groups excluding carboxylic acids is 2. The third kappa shape index (κ3) is 1.49. The largest absolute Gasteiger partial charge is 0.274 e. The van der Waals surface area contributed by atoms with Crippen LogP contribution in [-0.4, -0.2) is 26.5 Å². The Balaban J connectivity index is 1.75. The van der Waals surface area contributed by atoms with Crippen molar-refractivity contribution >= 4 is 49.5 Å². The van der Waals surface area contributed by atoms with Crippen LogP contribution >= 0.6 is 31.9 Å². The summed E-state index contributed by atoms with van der Waals surface area (Å²) in [5.74, 6) is 0.457. The van der Waals surface area contributed by atoms with Crippen LogP contribution in [0.25, 0.3) is 0 Å². The minimum Gasteiger partial charge on any atom is -0.274 e. The van der Waals surface area contributed by atoms with Crippen molar-refractivity contribution in [3.05, 3.63) is 24.4 Å². The zero-order chi connectivity index (χ0) is 14.0. The van der Waals surface area contributed by atoms with Crippen LogP contribution in [0.5, 0.6) is 0 Å². The van der Waals surface area contributed by atoms with E-state index in [1.807, 2.05) is 0 Å². The van der Waals surface area contributed by atoms with Gasteiger partial charge in [-0.3, -0.25) is 9.59 Å². The fourth-order valence-corrected chi connectivity index (χ4v) is 5.93. The molecule has 2 amide bonds. The molecule has 1 aromatic heterocycles. The highest BCUT2D eigenvalue weighted by atomic mass is 79.9. The molecule has 0 aromatic carbocycles. The van der Waals surface area contributed by atoms with E-state index < -0.39 is 0 Å². The van der Waals surface area contributed by atoms with Gasteiger partial charge in [-0.1, -0.05) is 37.9 Å². The number of nitrogens with zero attached hydrogens (tertiary/aromatic N) is 2. The number of hydrogen-bond donors (Lipinski definition) is 0. The zero-order valence-electron chi connectivity index (χ0n) is 10.4. The Labute approximate surface area is 133 Å². The maximum absolute atomic E-state index is 12.7. The second-order valence-corrected chi connectivity index (χ2v) is 7.82. The van der Waals surface area contributed by atoms with Crippen LogP contribution in [0.2, 0.25) is 0 Å². The standard InChI is InChI=1S/C14H12Br2N2O2/c15-11-6-5-7(12(11)16)10-9(6)13(19)18(14(10)20)8-3-1-2-4-17-8/h1-4,6-7,9-12H,5H2/t6-,7+,9-,10+,11-,12+. The molecule has 6 heteroatoms. The molecule has 4 rings (SSSR count). The van der Waals surface area contributed by atoms with Gasteiger partial charge in [0.2, 0.25) is 11.8 Å². The zero-order valence-corrected chi connectivity index (χ0v) is 13.6. The van der Waals surface area contributed by atoms with Gasteiger partial charge in [0, 0.05) is 15.9 Å². The van der Waals surface area contributed by atoms with Gasteiger partial charge in [-0.2, -0.15) is 0 Å². The van der Waals surface area contributed by atoms with Gasteiger partial charge in [0.15, 0.2) is 0 Å². The number of imide groups is 1. The first kappa shape index (κ1) is 13.0. The summed E-state index contributed by atoms with van der Waals surface area (Å²) in [5.41, 5.74) is 0. The van der Waals surface area contributed by atoms with Gasteiger partial charge < -0.3 is 0 Å². The topological polar surface area (TPSA) is 50.3 Å². The maximum atomic E-state index is 12.7. The predicted molar refractivity (Wildman–Crippen MR) is 80.7 cm³/mol. The molecule has 2 heterocycles. The fourth-order valence-electron chi connectivity index (χ4n) is 4.06. The van der Waals surface area contributed by atoms with Gasteiger partial charge >= 0.3 is 0 Å². The van der Waals surface area contributed by atoms with E-state index >= 15 is 0 Å². The number of carbonyl (C=O) groups is 2. The summed E-state index contributed by atoms with van der Waals surface area (Å²) in [4.78, 5) is 31.3. The van der Waals surface area contributed by atoms with E-state index in [0.29, 0.717) is 5.82 Å². The van der Waals surface area contributed by atoms with Crippen molar-refractivity contribution in [2.75, 3.05) is 4.90 Å². The van der Waals surface area contributed by atoms with Crippen LogP contribution in [0.15, 0.2) is 24.4 Å². The number of rotatable bonds is 1. The van der Waals surface area contributed by atoms with Gasteiger partial charge in [0.1, 0.15) is 5.82 Å². The molecule has 0 unspecified atom stereocenters. The number of pyridine rings is 1. The van der Waals surface area contributed by atoms with Gasteiger partial charge in [-0.15, -0.1) is 0 Å². The molecular weight excluding hydrogens is 388 g/mol. The SMILES string of the molecule is O=C1[C@@H]2[C@H]3C[C@H]([C@H](Br)[C@@H]3Br)[C@@H]2C(=O)N1c1ccccn1. The van der Waals surface area contributed by atoms with Crippen LogP contribution < -0.4 is 4.90 Å². The van der Waals surface area contributed by atoms with Crippen molar-refractivity contribution in [3.63, 3.8) is 0 Å². The monoisotopic (exact) mass is 398 g/mol. The predicted octanol–water partition coefficient (Wildman–Crippen LogP) is 2.36. The van der Waals surface area contributed by atoms with Crippen LogP contribution in [0, 0.1) is 23.7 Å². The molecule has 104 valence electrons. The maximum Gasteiger partial charge on any atom is 0.239 e. The number of anilines is 1. The van der Waals surface area contributed by atoms with Gasteiger partial charge in [-0.25, -0.2) is 9.88 Å². The third-order valence-electron chi connectivity index (χ3n) is 4.87. The highest BCUT2D eigenvalue weighted by Crippen LogP contribution is 2.60. The van der Waals surface area contributed by atoms with E-state index in [1.165, 1.54) is 4.90 Å². The van der Waals surface area contributed by atoms with Crippen LogP contribution in [0.1, 0.15) is 6.42 Å². The molecule has 1 aliphatic heterocycles. The van der Waals surface area contributed by atoms with Gasteiger partial charge in [0.25, 0.3) is 0 Å². The molecule has 3 fully saturated rings. The Hall–Kier alpha value is -0.750. The summed E-state index contributed by atoms with van der Waals surface area (Å²) < 4.78 is 0. The average molecular weight is 400 g/mol. The molecule has 2 bridgehead atoms. The molecule has 0 spiro atoms. The molecule has 1 aromatic rings. The lowest BCUT2D eigenvalue weighted by Gasteiger charge is -2.28. The number of hydrogen-bond acceptors (Lipinski definition) is 3. The molecule has 1 saturated heterocycles. The minimum absolute atomic E-state index is 0.0740. The van der Waals surface area contributed by atoms with Crippen molar-refractivity contribution in [1.82, 2.24) is 4.98 Å². The average Bonchev–Trinajstić information content (AvgIpc) is 3.05. The first-order chi connectivity index (χ1) is 9.61. The van der Waals surface area contributed by atoms with Crippen LogP contribution in [0.4, 0.5) is 5.82 Å². The summed E-state index contributed by atoms with van der Waals surface area (Å²) >= 11 is 7.35. The lowest BCUT2D eigenvalue weighted by Crippen LogP contribution is -2.37. The number of halogens is 2. The molecule has 2 aliphatic carbocycles. The smallest absolute Gasteiger partial charge is 0.239 e. The molecular formula is C14H12Br2N2O2. The molecule has 20 heavy (non-hydrogen) atoms. The van der Waals surface area contributed by atoms with E-state index in [9.17, 15) is 9.59 Å². The van der Waals surface area contributed by atoms with Crippen molar-refractivity contribution in [1.29, 1.82) is 0 Å². The summed E-state index contributed by atoms with van der Waals surface area (Å²) in [6, 6.07) is 5.30. The van der Waals surface area contributed by atoms with Crippen molar-refractivity contribution < 1.29 is 9.59 Å². The van der Waals surface area contributed by atoms with Crippen molar-refractivity contribution in [3.8, 4) is 0 Å². The highest BCUT2D eigenvalue weighted by molar-refractivity contribution is 9.12. The summed E-state index contributed by atoms with van der Waals surface area (Å²) in [5, 5.41) is 0. The Morgan fingerprint density at radius 2 is 1.65 bits per heavy atom. The molecule has 2 saturated carbocycles. The summed E-state index contributed by atoms with van der Waals surface area (Å²) in [6.07, 6.45) is 2.56. The Kier molecular flexibility index (Phi) is 2.83. The van der Waals surface area contributed by atoms with E-state index in [-0.39, 0.29) is 45.1 Å². The first-order valence-corrected chi connectivity index (χ1v) is 8.51. The molecule has 3 aliphatic rings. The minimum atomic E-state index is -0.173. The van der Waals surface area contributed by atoms with Gasteiger partial charge in [-0.05, 0) is 30.4 Å². The van der Waals surface area contributed by atoms with Crippen LogP contribution in [-0.2, 0) is 9.59 Å². The summed E-state index contributed by atoms with van der Waals surface area (Å²) in [6.45, 7) is 0. The van der Waals surface area contributed by atoms with Crippen LogP contribution in [0.3, 0.4) is 0 Å². The Morgan fingerprint density at radius 3 is 2.15 bits per heavy atom. The quantitative estimate of drug-likeness (QED) is 0.538. The number of alkyl halides is 2. The van der Waals surface area contributed by atoms with Gasteiger partial charge in [0.05, 0.1) is 11.8 Å². The highest BCUT2D eigenvalue weighted by Gasteiger charge is 2.66. The number of aromatic nitrogens is 1. The van der Waals surface area contributed by atoms with Crippen molar-refractivity contribution in [2.45, 2.75) is 16.1 Å².